The van der Waals surface area contributed by atoms with Gasteiger partial charge in [0.05, 0.1) is 5.41 Å². The van der Waals surface area contributed by atoms with E-state index in [2.05, 4.69) is 10.6 Å². The van der Waals surface area contributed by atoms with Crippen LogP contribution in [0.3, 0.4) is 0 Å². The van der Waals surface area contributed by atoms with E-state index < -0.39 is 11.0 Å². The number of hydrogen-bond donors (Lipinski definition) is 2. The predicted molar refractivity (Wildman–Crippen MR) is 86.7 cm³/mol. The average molecular weight is 313 g/mol. The van der Waals surface area contributed by atoms with Crippen molar-refractivity contribution in [3.05, 3.63) is 0 Å². The quantitative estimate of drug-likeness (QED) is 0.829. The highest BCUT2D eigenvalue weighted by Gasteiger charge is 2.30. The van der Waals surface area contributed by atoms with E-state index in [0.717, 1.165) is 19.4 Å². The van der Waals surface area contributed by atoms with Crippen LogP contribution in [0, 0.1) is 5.41 Å². The largest absolute Gasteiger partial charge is 0.444 e. The lowest BCUT2D eigenvalue weighted by Gasteiger charge is -2.35. The topological polar surface area (TPSA) is 70.7 Å². The van der Waals surface area contributed by atoms with Gasteiger partial charge in [0, 0.05) is 32.7 Å². The second-order valence-corrected chi connectivity index (χ2v) is 7.61. The number of hydrogen-bond acceptors (Lipinski definition) is 4. The van der Waals surface area contributed by atoms with Crippen LogP contribution in [-0.2, 0) is 9.53 Å². The van der Waals surface area contributed by atoms with Crippen LogP contribution >= 0.6 is 0 Å². The lowest BCUT2D eigenvalue weighted by Crippen LogP contribution is -2.52. The normalized spacial score (nSPS) is 19.7. The van der Waals surface area contributed by atoms with Gasteiger partial charge in [-0.25, -0.2) is 4.79 Å². The van der Waals surface area contributed by atoms with Gasteiger partial charge < -0.3 is 20.3 Å². The second kappa shape index (κ2) is 7.31. The first-order valence-electron chi connectivity index (χ1n) is 7.98. The first-order valence-corrected chi connectivity index (χ1v) is 7.98. The summed E-state index contributed by atoms with van der Waals surface area (Å²) in [6.07, 6.45) is 1.69. The molecular weight excluding hydrogens is 282 g/mol. The number of piperidine rings is 1. The van der Waals surface area contributed by atoms with Crippen molar-refractivity contribution >= 4 is 12.0 Å². The summed E-state index contributed by atoms with van der Waals surface area (Å²) < 4.78 is 5.42. The molecule has 1 heterocycles. The molecule has 0 radical (unpaired) electrons. The Morgan fingerprint density at radius 2 is 1.86 bits per heavy atom. The van der Waals surface area contributed by atoms with Gasteiger partial charge in [-0.1, -0.05) is 0 Å². The second-order valence-electron chi connectivity index (χ2n) is 7.61. The summed E-state index contributed by atoms with van der Waals surface area (Å²) in [6, 6.07) is 0.199. The maximum atomic E-state index is 12.1. The van der Waals surface area contributed by atoms with Crippen LogP contribution < -0.4 is 10.6 Å². The van der Waals surface area contributed by atoms with Crippen molar-refractivity contribution in [2.75, 3.05) is 26.7 Å². The van der Waals surface area contributed by atoms with E-state index in [0.29, 0.717) is 13.1 Å². The summed E-state index contributed by atoms with van der Waals surface area (Å²) in [4.78, 5) is 25.7. The lowest BCUT2D eigenvalue weighted by atomic mass is 9.91. The van der Waals surface area contributed by atoms with Crippen molar-refractivity contribution in [3.8, 4) is 0 Å². The van der Waals surface area contributed by atoms with Crippen molar-refractivity contribution in [3.63, 3.8) is 0 Å². The third-order valence-electron chi connectivity index (χ3n) is 3.75. The van der Waals surface area contributed by atoms with Gasteiger partial charge in [-0.05, 0) is 47.5 Å². The number of ether oxygens (including phenoxy) is 1. The minimum atomic E-state index is -0.474. The van der Waals surface area contributed by atoms with E-state index in [1.165, 1.54) is 0 Å². The molecule has 0 bridgehead atoms. The van der Waals surface area contributed by atoms with Crippen LogP contribution in [0.5, 0.6) is 0 Å². The zero-order chi connectivity index (χ0) is 17.0. The molecular formula is C16H31N3O3. The van der Waals surface area contributed by atoms with Crippen molar-refractivity contribution in [1.29, 1.82) is 0 Å². The maximum Gasteiger partial charge on any atom is 0.410 e. The molecule has 1 atom stereocenters. The van der Waals surface area contributed by atoms with Crippen LogP contribution in [0.25, 0.3) is 0 Å². The fourth-order valence-electron chi connectivity index (χ4n) is 2.45. The van der Waals surface area contributed by atoms with Gasteiger partial charge in [-0.2, -0.15) is 0 Å². The van der Waals surface area contributed by atoms with Gasteiger partial charge in [0.15, 0.2) is 0 Å². The van der Waals surface area contributed by atoms with Crippen molar-refractivity contribution in [2.45, 2.75) is 59.1 Å². The molecule has 1 rings (SSSR count). The summed E-state index contributed by atoms with van der Waals surface area (Å²) in [7, 11) is 1.65. The van der Waals surface area contributed by atoms with E-state index in [1.807, 2.05) is 34.6 Å². The Balaban J connectivity index is 2.50. The number of carbonyl (C=O) groups is 2. The maximum absolute atomic E-state index is 12.1. The molecule has 0 aliphatic carbocycles. The molecule has 0 saturated carbocycles. The first kappa shape index (κ1) is 18.7. The van der Waals surface area contributed by atoms with Crippen molar-refractivity contribution in [1.82, 2.24) is 15.5 Å². The standard InChI is InChI=1S/C16H31N3O3/c1-15(2,3)22-14(21)19-9-7-8-12(10-19)18-11-16(4,5)13(20)17-6/h12,18H,7-11H2,1-6H3,(H,17,20). The smallest absolute Gasteiger partial charge is 0.410 e. The molecule has 2 amide bonds. The Morgan fingerprint density at radius 3 is 2.41 bits per heavy atom. The van der Waals surface area contributed by atoms with E-state index in [4.69, 9.17) is 4.74 Å². The van der Waals surface area contributed by atoms with Crippen molar-refractivity contribution in [2.24, 2.45) is 5.41 Å². The fraction of sp³-hybridized carbons (Fsp3) is 0.875. The molecule has 1 aliphatic rings. The Morgan fingerprint density at radius 1 is 1.23 bits per heavy atom. The van der Waals surface area contributed by atoms with E-state index >= 15 is 0 Å². The minimum absolute atomic E-state index is 0.0137. The Hall–Kier alpha value is -1.30. The number of nitrogens with one attached hydrogen (secondary N) is 2. The molecule has 0 aromatic heterocycles. The molecule has 0 aromatic carbocycles. The summed E-state index contributed by atoms with van der Waals surface area (Å²) >= 11 is 0. The van der Waals surface area contributed by atoms with Crippen LogP contribution in [0.15, 0.2) is 0 Å². The van der Waals surface area contributed by atoms with Gasteiger partial charge in [0.2, 0.25) is 5.91 Å². The molecule has 1 fully saturated rings. The van der Waals surface area contributed by atoms with E-state index in [9.17, 15) is 9.59 Å². The Bertz CT molecular complexity index is 402. The van der Waals surface area contributed by atoms with Crippen LogP contribution in [0.4, 0.5) is 4.79 Å². The van der Waals surface area contributed by atoms with E-state index in [-0.39, 0.29) is 18.0 Å². The molecule has 1 unspecified atom stereocenters. The molecule has 1 saturated heterocycles. The number of nitrogens with zero attached hydrogens (tertiary/aromatic N) is 1. The van der Waals surface area contributed by atoms with Crippen molar-refractivity contribution < 1.29 is 14.3 Å². The lowest BCUT2D eigenvalue weighted by molar-refractivity contribution is -0.128. The molecule has 0 aromatic rings. The van der Waals surface area contributed by atoms with Gasteiger partial charge in [-0.3, -0.25) is 4.79 Å². The summed E-state index contributed by atoms with van der Waals surface area (Å²) in [6.45, 7) is 11.4. The number of likely N-dealkylation sites (tertiary alicyclic amines) is 1. The summed E-state index contributed by atoms with van der Waals surface area (Å²) in [5.74, 6) is 0.0137. The summed E-state index contributed by atoms with van der Waals surface area (Å²) in [5, 5.41) is 6.10. The highest BCUT2D eigenvalue weighted by Crippen LogP contribution is 2.18. The zero-order valence-electron chi connectivity index (χ0n) is 14.8. The number of carbonyl (C=O) groups excluding carboxylic acids is 2. The molecule has 22 heavy (non-hydrogen) atoms. The van der Waals surface area contributed by atoms with Gasteiger partial charge in [0.1, 0.15) is 5.60 Å². The van der Waals surface area contributed by atoms with Gasteiger partial charge in [-0.15, -0.1) is 0 Å². The molecule has 1 aliphatic heterocycles. The highest BCUT2D eigenvalue weighted by molar-refractivity contribution is 5.81. The predicted octanol–water partition coefficient (Wildman–Crippen LogP) is 1.75. The highest BCUT2D eigenvalue weighted by atomic mass is 16.6. The van der Waals surface area contributed by atoms with E-state index in [1.54, 1.807) is 11.9 Å². The first-order chi connectivity index (χ1) is 10.0. The number of rotatable bonds is 4. The average Bonchev–Trinajstić information content (AvgIpc) is 2.43. The zero-order valence-corrected chi connectivity index (χ0v) is 14.8. The molecule has 2 N–H and O–H groups in total. The molecule has 0 spiro atoms. The van der Waals surface area contributed by atoms with Crippen LogP contribution in [-0.4, -0.2) is 55.2 Å². The van der Waals surface area contributed by atoms with Gasteiger partial charge >= 0.3 is 6.09 Å². The third-order valence-corrected chi connectivity index (χ3v) is 3.75. The third kappa shape index (κ3) is 5.83. The molecule has 6 nitrogen and oxygen atoms in total. The van der Waals surface area contributed by atoms with Gasteiger partial charge in [0.25, 0.3) is 0 Å². The van der Waals surface area contributed by atoms with Crippen LogP contribution in [0.1, 0.15) is 47.5 Å². The fourth-order valence-corrected chi connectivity index (χ4v) is 2.45. The Kier molecular flexibility index (Phi) is 6.23. The monoisotopic (exact) mass is 313 g/mol. The SMILES string of the molecule is CNC(=O)C(C)(C)CNC1CCCN(C(=O)OC(C)(C)C)C1. The molecule has 6 heteroatoms. The molecule has 128 valence electrons. The minimum Gasteiger partial charge on any atom is -0.444 e. The Labute approximate surface area is 134 Å². The number of amides is 2. The van der Waals surface area contributed by atoms with Crippen LogP contribution in [0.2, 0.25) is 0 Å². The summed E-state index contributed by atoms with van der Waals surface area (Å²) in [5.41, 5.74) is -0.943.